The molecule has 0 aromatic carbocycles. The Hall–Kier alpha value is -0.650. The molecule has 142 valence electrons. The average molecular weight is 343 g/mol. The summed E-state index contributed by atoms with van der Waals surface area (Å²) in [5.74, 6) is 0.847. The molecule has 0 aromatic rings. The van der Waals surface area contributed by atoms with E-state index in [-0.39, 0.29) is 5.91 Å². The van der Waals surface area contributed by atoms with Gasteiger partial charge in [0, 0.05) is 45.3 Å². The van der Waals surface area contributed by atoms with Crippen molar-refractivity contribution in [2.75, 3.05) is 39.5 Å². The summed E-state index contributed by atoms with van der Waals surface area (Å²) in [4.78, 5) is 14.4. The second kappa shape index (κ2) is 12.7. The molecule has 0 unspecified atom stereocenters. The van der Waals surface area contributed by atoms with Crippen molar-refractivity contribution in [1.82, 2.24) is 10.2 Å². The Bertz CT molecular complexity index is 327. The zero-order valence-electron chi connectivity index (χ0n) is 16.2. The van der Waals surface area contributed by atoms with Crippen LogP contribution in [0, 0.1) is 5.92 Å². The van der Waals surface area contributed by atoms with Gasteiger partial charge in [-0.3, -0.25) is 4.79 Å². The van der Waals surface area contributed by atoms with Gasteiger partial charge in [0.1, 0.15) is 0 Å². The summed E-state index contributed by atoms with van der Waals surface area (Å²) in [6, 6.07) is 0.335. The maximum atomic E-state index is 12.0. The molecule has 1 aliphatic rings. The molecule has 1 amide bonds. The minimum absolute atomic E-state index is 0.170. The van der Waals surface area contributed by atoms with Crippen molar-refractivity contribution in [3.8, 4) is 0 Å². The molecule has 1 aliphatic heterocycles. The zero-order chi connectivity index (χ0) is 17.8. The highest BCUT2D eigenvalue weighted by molar-refractivity contribution is 5.76. The van der Waals surface area contributed by atoms with Gasteiger partial charge in [-0.25, -0.2) is 0 Å². The van der Waals surface area contributed by atoms with E-state index < -0.39 is 0 Å². The summed E-state index contributed by atoms with van der Waals surface area (Å²) in [7, 11) is 0. The highest BCUT2D eigenvalue weighted by Crippen LogP contribution is 2.10. The van der Waals surface area contributed by atoms with E-state index in [4.69, 9.17) is 9.47 Å². The van der Waals surface area contributed by atoms with Crippen LogP contribution in [0.5, 0.6) is 0 Å². The number of likely N-dealkylation sites (tertiary alicyclic amines) is 1. The number of nitrogens with one attached hydrogen (secondary N) is 1. The smallest absolute Gasteiger partial charge is 0.220 e. The fraction of sp³-hybridized carbons (Fsp3) is 0.947. The first-order valence-electron chi connectivity index (χ1n) is 9.68. The van der Waals surface area contributed by atoms with Crippen LogP contribution in [0.1, 0.15) is 59.8 Å². The number of rotatable bonds is 12. The summed E-state index contributed by atoms with van der Waals surface area (Å²) >= 11 is 0. The van der Waals surface area contributed by atoms with Gasteiger partial charge in [0.2, 0.25) is 5.91 Å². The standard InChI is InChI=1S/C19H38N2O3/c1-16(2)9-14-23-13-5-6-19(22)20-18-7-10-21(11-8-18)12-15-24-17(3)4/h16-18H,5-15H2,1-4H3,(H,20,22). The summed E-state index contributed by atoms with van der Waals surface area (Å²) in [6.07, 6.45) is 4.86. The Labute approximate surface area is 148 Å². The number of hydrogen-bond acceptors (Lipinski definition) is 4. The molecule has 0 aromatic heterocycles. The van der Waals surface area contributed by atoms with Gasteiger partial charge in [-0.1, -0.05) is 13.8 Å². The van der Waals surface area contributed by atoms with E-state index in [1.54, 1.807) is 0 Å². The van der Waals surface area contributed by atoms with Crippen molar-refractivity contribution in [1.29, 1.82) is 0 Å². The van der Waals surface area contributed by atoms with E-state index >= 15 is 0 Å². The molecule has 1 fully saturated rings. The Morgan fingerprint density at radius 1 is 1.12 bits per heavy atom. The van der Waals surface area contributed by atoms with E-state index in [9.17, 15) is 4.79 Å². The SMILES string of the molecule is CC(C)CCOCCCC(=O)NC1CCN(CCOC(C)C)CC1. The maximum Gasteiger partial charge on any atom is 0.220 e. The third-order valence-corrected chi connectivity index (χ3v) is 4.34. The lowest BCUT2D eigenvalue weighted by Gasteiger charge is -2.32. The highest BCUT2D eigenvalue weighted by Gasteiger charge is 2.20. The van der Waals surface area contributed by atoms with Gasteiger partial charge < -0.3 is 19.7 Å². The van der Waals surface area contributed by atoms with E-state index in [0.717, 1.165) is 58.5 Å². The molecule has 1 rings (SSSR count). The van der Waals surface area contributed by atoms with E-state index in [2.05, 4.69) is 37.9 Å². The fourth-order valence-corrected chi connectivity index (χ4v) is 2.77. The van der Waals surface area contributed by atoms with Crippen molar-refractivity contribution < 1.29 is 14.3 Å². The Morgan fingerprint density at radius 2 is 1.83 bits per heavy atom. The van der Waals surface area contributed by atoms with Crippen LogP contribution in [0.4, 0.5) is 0 Å². The Morgan fingerprint density at radius 3 is 2.46 bits per heavy atom. The van der Waals surface area contributed by atoms with Crippen molar-refractivity contribution >= 4 is 5.91 Å². The Balaban J connectivity index is 2.00. The molecule has 0 bridgehead atoms. The summed E-state index contributed by atoms with van der Waals surface area (Å²) < 4.78 is 11.2. The first-order valence-corrected chi connectivity index (χ1v) is 9.68. The monoisotopic (exact) mass is 342 g/mol. The summed E-state index contributed by atoms with van der Waals surface area (Å²) in [5, 5.41) is 3.17. The van der Waals surface area contributed by atoms with Crippen molar-refractivity contribution in [2.24, 2.45) is 5.92 Å². The topological polar surface area (TPSA) is 50.8 Å². The third kappa shape index (κ3) is 11.0. The van der Waals surface area contributed by atoms with Gasteiger partial charge in [0.25, 0.3) is 0 Å². The number of hydrogen-bond donors (Lipinski definition) is 1. The summed E-state index contributed by atoms with van der Waals surface area (Å²) in [5.41, 5.74) is 0. The van der Waals surface area contributed by atoms with E-state index in [0.29, 0.717) is 31.1 Å². The zero-order valence-corrected chi connectivity index (χ0v) is 16.2. The van der Waals surface area contributed by atoms with Crippen LogP contribution in [0.25, 0.3) is 0 Å². The molecule has 1 heterocycles. The quantitative estimate of drug-likeness (QED) is 0.554. The van der Waals surface area contributed by atoms with Crippen LogP contribution in [-0.2, 0) is 14.3 Å². The van der Waals surface area contributed by atoms with Gasteiger partial charge >= 0.3 is 0 Å². The fourth-order valence-electron chi connectivity index (χ4n) is 2.77. The molecule has 0 spiro atoms. The molecule has 0 radical (unpaired) electrons. The van der Waals surface area contributed by atoms with Crippen LogP contribution >= 0.6 is 0 Å². The van der Waals surface area contributed by atoms with Crippen LogP contribution in [0.15, 0.2) is 0 Å². The molecular formula is C19H38N2O3. The molecule has 0 aliphatic carbocycles. The van der Waals surface area contributed by atoms with Crippen LogP contribution < -0.4 is 5.32 Å². The number of piperidine rings is 1. The number of carbonyl (C=O) groups is 1. The van der Waals surface area contributed by atoms with Crippen LogP contribution in [0.2, 0.25) is 0 Å². The highest BCUT2D eigenvalue weighted by atomic mass is 16.5. The first-order chi connectivity index (χ1) is 11.5. The maximum absolute atomic E-state index is 12.0. The van der Waals surface area contributed by atoms with Gasteiger partial charge in [0.05, 0.1) is 12.7 Å². The molecule has 0 saturated carbocycles. The lowest BCUT2D eigenvalue weighted by atomic mass is 10.0. The number of nitrogens with zero attached hydrogens (tertiary/aromatic N) is 1. The average Bonchev–Trinajstić information content (AvgIpc) is 2.52. The van der Waals surface area contributed by atoms with Gasteiger partial charge in [-0.05, 0) is 45.4 Å². The number of amides is 1. The van der Waals surface area contributed by atoms with Crippen molar-refractivity contribution in [3.63, 3.8) is 0 Å². The lowest BCUT2D eigenvalue weighted by Crippen LogP contribution is -2.45. The molecule has 5 nitrogen and oxygen atoms in total. The number of carbonyl (C=O) groups excluding carboxylic acids is 1. The van der Waals surface area contributed by atoms with Gasteiger partial charge in [-0.2, -0.15) is 0 Å². The second-order valence-electron chi connectivity index (χ2n) is 7.50. The van der Waals surface area contributed by atoms with Crippen LogP contribution in [0.3, 0.4) is 0 Å². The minimum Gasteiger partial charge on any atom is -0.381 e. The predicted octanol–water partition coefficient (Wildman–Crippen LogP) is 2.83. The normalized spacial score (nSPS) is 16.9. The van der Waals surface area contributed by atoms with Crippen molar-refractivity contribution in [2.45, 2.75) is 71.9 Å². The molecule has 24 heavy (non-hydrogen) atoms. The second-order valence-corrected chi connectivity index (χ2v) is 7.50. The van der Waals surface area contributed by atoms with E-state index in [1.807, 2.05) is 0 Å². The van der Waals surface area contributed by atoms with Crippen LogP contribution in [-0.4, -0.2) is 62.4 Å². The first kappa shape index (κ1) is 21.4. The van der Waals surface area contributed by atoms with Crippen molar-refractivity contribution in [3.05, 3.63) is 0 Å². The van der Waals surface area contributed by atoms with Gasteiger partial charge in [-0.15, -0.1) is 0 Å². The summed E-state index contributed by atoms with van der Waals surface area (Å²) in [6.45, 7) is 13.9. The van der Waals surface area contributed by atoms with Gasteiger partial charge in [0.15, 0.2) is 0 Å². The predicted molar refractivity (Wildman–Crippen MR) is 98.2 cm³/mol. The molecular weight excluding hydrogens is 304 g/mol. The molecule has 5 heteroatoms. The molecule has 1 saturated heterocycles. The largest absolute Gasteiger partial charge is 0.381 e. The minimum atomic E-state index is 0.170. The lowest BCUT2D eigenvalue weighted by molar-refractivity contribution is -0.122. The van der Waals surface area contributed by atoms with E-state index in [1.165, 1.54) is 0 Å². The third-order valence-electron chi connectivity index (χ3n) is 4.34. The number of ether oxygens (including phenoxy) is 2. The molecule has 1 N–H and O–H groups in total. The Kier molecular flexibility index (Phi) is 11.3. The molecule has 0 atom stereocenters.